The van der Waals surface area contributed by atoms with E-state index in [9.17, 15) is 4.79 Å². The third-order valence-electron chi connectivity index (χ3n) is 1.92. The SMILES string of the molecule is C=C=C(CCCC)C(C)C(=O)O. The van der Waals surface area contributed by atoms with Gasteiger partial charge in [-0.25, -0.2) is 0 Å². The van der Waals surface area contributed by atoms with E-state index < -0.39 is 11.9 Å². The van der Waals surface area contributed by atoms with Crippen LogP contribution in [0.2, 0.25) is 0 Å². The van der Waals surface area contributed by atoms with Crippen molar-refractivity contribution in [2.24, 2.45) is 5.92 Å². The summed E-state index contributed by atoms with van der Waals surface area (Å²) in [6.07, 6.45) is 2.88. The Morgan fingerprint density at radius 3 is 2.58 bits per heavy atom. The minimum Gasteiger partial charge on any atom is -0.481 e. The third-order valence-corrected chi connectivity index (χ3v) is 1.92. The summed E-state index contributed by atoms with van der Waals surface area (Å²) in [4.78, 5) is 10.6. The monoisotopic (exact) mass is 168 g/mol. The van der Waals surface area contributed by atoms with Gasteiger partial charge >= 0.3 is 5.97 Å². The molecule has 2 heteroatoms. The second-order valence-corrected chi connectivity index (χ2v) is 2.87. The van der Waals surface area contributed by atoms with E-state index in [-0.39, 0.29) is 0 Å². The molecule has 1 atom stereocenters. The average molecular weight is 168 g/mol. The van der Waals surface area contributed by atoms with E-state index in [0.717, 1.165) is 24.8 Å². The minimum atomic E-state index is -0.794. The Morgan fingerprint density at radius 1 is 1.67 bits per heavy atom. The maximum absolute atomic E-state index is 10.6. The van der Waals surface area contributed by atoms with Crippen molar-refractivity contribution < 1.29 is 9.90 Å². The lowest BCUT2D eigenvalue weighted by Crippen LogP contribution is -2.11. The van der Waals surface area contributed by atoms with Gasteiger partial charge in [-0.05, 0) is 25.3 Å². The molecular weight excluding hydrogens is 152 g/mol. The number of carboxylic acid groups (broad SMARTS) is 1. The molecule has 12 heavy (non-hydrogen) atoms. The fraction of sp³-hybridized carbons (Fsp3) is 0.600. The van der Waals surface area contributed by atoms with Crippen LogP contribution in [0.15, 0.2) is 17.9 Å². The lowest BCUT2D eigenvalue weighted by molar-refractivity contribution is -0.139. The van der Waals surface area contributed by atoms with Gasteiger partial charge in [-0.15, -0.1) is 5.73 Å². The second-order valence-electron chi connectivity index (χ2n) is 2.87. The van der Waals surface area contributed by atoms with Crippen molar-refractivity contribution in [3.63, 3.8) is 0 Å². The van der Waals surface area contributed by atoms with E-state index >= 15 is 0 Å². The van der Waals surface area contributed by atoms with Gasteiger partial charge in [0.1, 0.15) is 0 Å². The van der Waals surface area contributed by atoms with Crippen molar-refractivity contribution in [3.8, 4) is 0 Å². The highest BCUT2D eigenvalue weighted by molar-refractivity contribution is 5.72. The molecule has 0 aliphatic rings. The Morgan fingerprint density at radius 2 is 2.25 bits per heavy atom. The standard InChI is InChI=1S/C10H16O2/c1-4-6-7-9(5-2)8(3)10(11)12/h8H,2,4,6-7H2,1,3H3,(H,11,12). The van der Waals surface area contributed by atoms with Crippen molar-refractivity contribution >= 4 is 5.97 Å². The van der Waals surface area contributed by atoms with Gasteiger partial charge in [0.25, 0.3) is 0 Å². The normalized spacial score (nSPS) is 11.8. The number of aliphatic carboxylic acids is 1. The zero-order valence-corrected chi connectivity index (χ0v) is 7.76. The lowest BCUT2D eigenvalue weighted by Gasteiger charge is -2.07. The molecule has 0 spiro atoms. The van der Waals surface area contributed by atoms with Crippen LogP contribution in [0.25, 0.3) is 0 Å². The first-order chi connectivity index (χ1) is 5.63. The summed E-state index contributed by atoms with van der Waals surface area (Å²) in [6.45, 7) is 7.24. The number of carboxylic acids is 1. The van der Waals surface area contributed by atoms with Crippen LogP contribution in [0, 0.1) is 5.92 Å². The maximum atomic E-state index is 10.6. The van der Waals surface area contributed by atoms with E-state index in [1.807, 2.05) is 0 Å². The molecule has 0 bridgehead atoms. The van der Waals surface area contributed by atoms with Gasteiger partial charge in [-0.2, -0.15) is 0 Å². The van der Waals surface area contributed by atoms with Gasteiger partial charge in [0.15, 0.2) is 0 Å². The molecule has 0 heterocycles. The zero-order valence-electron chi connectivity index (χ0n) is 7.76. The van der Waals surface area contributed by atoms with Crippen LogP contribution >= 0.6 is 0 Å². The van der Waals surface area contributed by atoms with Gasteiger partial charge < -0.3 is 5.11 Å². The molecule has 0 aliphatic carbocycles. The highest BCUT2D eigenvalue weighted by Crippen LogP contribution is 2.15. The van der Waals surface area contributed by atoms with Crippen molar-refractivity contribution in [3.05, 3.63) is 17.9 Å². The molecule has 0 aromatic heterocycles. The predicted molar refractivity (Wildman–Crippen MR) is 49.0 cm³/mol. The molecule has 0 rings (SSSR count). The van der Waals surface area contributed by atoms with E-state index in [1.165, 1.54) is 0 Å². The number of carbonyl (C=O) groups is 1. The number of hydrogen-bond donors (Lipinski definition) is 1. The molecule has 0 aliphatic heterocycles. The third kappa shape index (κ3) is 3.40. The fourth-order valence-corrected chi connectivity index (χ4v) is 0.974. The van der Waals surface area contributed by atoms with Crippen LogP contribution in [0.3, 0.4) is 0 Å². The Hall–Kier alpha value is -1.01. The first kappa shape index (κ1) is 11.0. The minimum absolute atomic E-state index is 0.436. The topological polar surface area (TPSA) is 37.3 Å². The lowest BCUT2D eigenvalue weighted by atomic mass is 9.97. The molecule has 0 aromatic carbocycles. The molecule has 0 radical (unpaired) electrons. The molecule has 2 nitrogen and oxygen atoms in total. The number of unbranched alkanes of at least 4 members (excludes halogenated alkanes) is 1. The van der Waals surface area contributed by atoms with Crippen molar-refractivity contribution in [2.75, 3.05) is 0 Å². The van der Waals surface area contributed by atoms with Crippen LogP contribution in [0.4, 0.5) is 0 Å². The summed E-state index contributed by atoms with van der Waals surface area (Å²) in [7, 11) is 0. The maximum Gasteiger partial charge on any atom is 0.310 e. The highest BCUT2D eigenvalue weighted by Gasteiger charge is 2.14. The molecule has 0 fully saturated rings. The Labute approximate surface area is 73.6 Å². The van der Waals surface area contributed by atoms with Gasteiger partial charge in [0.05, 0.1) is 5.92 Å². The molecule has 0 aromatic rings. The Bertz CT molecular complexity index is 200. The van der Waals surface area contributed by atoms with Gasteiger partial charge in [-0.3, -0.25) is 4.79 Å². The summed E-state index contributed by atoms with van der Waals surface area (Å²) in [5.41, 5.74) is 3.51. The summed E-state index contributed by atoms with van der Waals surface area (Å²) in [5.74, 6) is -1.23. The number of rotatable bonds is 5. The van der Waals surface area contributed by atoms with Gasteiger partial charge in [0, 0.05) is 0 Å². The van der Waals surface area contributed by atoms with Gasteiger partial charge in [-0.1, -0.05) is 19.9 Å². The Kier molecular flexibility index (Phi) is 5.14. The quantitative estimate of drug-likeness (QED) is 0.641. The van der Waals surface area contributed by atoms with E-state index in [4.69, 9.17) is 5.11 Å². The van der Waals surface area contributed by atoms with Crippen LogP contribution in [-0.2, 0) is 4.79 Å². The van der Waals surface area contributed by atoms with Gasteiger partial charge in [0.2, 0.25) is 0 Å². The first-order valence-electron chi connectivity index (χ1n) is 4.25. The Balaban J connectivity index is 4.17. The first-order valence-corrected chi connectivity index (χ1v) is 4.25. The van der Waals surface area contributed by atoms with Crippen molar-refractivity contribution in [1.29, 1.82) is 0 Å². The molecule has 1 N–H and O–H groups in total. The fourth-order valence-electron chi connectivity index (χ4n) is 0.974. The highest BCUT2D eigenvalue weighted by atomic mass is 16.4. The van der Waals surface area contributed by atoms with Crippen molar-refractivity contribution in [2.45, 2.75) is 33.1 Å². The van der Waals surface area contributed by atoms with Crippen LogP contribution in [-0.4, -0.2) is 11.1 Å². The molecular formula is C10H16O2. The number of hydrogen-bond acceptors (Lipinski definition) is 1. The van der Waals surface area contributed by atoms with Crippen LogP contribution < -0.4 is 0 Å². The molecule has 0 saturated carbocycles. The van der Waals surface area contributed by atoms with Crippen LogP contribution in [0.1, 0.15) is 33.1 Å². The van der Waals surface area contributed by atoms with E-state index in [1.54, 1.807) is 6.92 Å². The predicted octanol–water partition coefficient (Wildman–Crippen LogP) is 2.61. The van der Waals surface area contributed by atoms with E-state index in [0.29, 0.717) is 0 Å². The van der Waals surface area contributed by atoms with E-state index in [2.05, 4.69) is 19.2 Å². The summed E-state index contributed by atoms with van der Waals surface area (Å²) in [5, 5.41) is 8.69. The summed E-state index contributed by atoms with van der Waals surface area (Å²) < 4.78 is 0. The average Bonchev–Trinajstić information content (AvgIpc) is 2.05. The molecule has 1 unspecified atom stereocenters. The molecule has 0 saturated heterocycles. The largest absolute Gasteiger partial charge is 0.481 e. The van der Waals surface area contributed by atoms with Crippen LogP contribution in [0.5, 0.6) is 0 Å². The zero-order chi connectivity index (χ0) is 9.56. The summed E-state index contributed by atoms with van der Waals surface area (Å²) in [6, 6.07) is 0. The smallest absolute Gasteiger partial charge is 0.310 e. The molecule has 0 amide bonds. The van der Waals surface area contributed by atoms with Crippen molar-refractivity contribution in [1.82, 2.24) is 0 Å². The second kappa shape index (κ2) is 5.62. The summed E-state index contributed by atoms with van der Waals surface area (Å²) >= 11 is 0. The molecule has 68 valence electrons.